The SMILES string of the molecule is C=CCC1C(C)CC(C)C1C. The van der Waals surface area contributed by atoms with Gasteiger partial charge >= 0.3 is 0 Å². The lowest BCUT2D eigenvalue weighted by atomic mass is 9.87. The lowest BCUT2D eigenvalue weighted by Crippen LogP contribution is -2.11. The molecule has 1 saturated carbocycles. The van der Waals surface area contributed by atoms with Crippen molar-refractivity contribution in [2.45, 2.75) is 33.6 Å². The van der Waals surface area contributed by atoms with E-state index < -0.39 is 0 Å². The third kappa shape index (κ3) is 1.66. The molecule has 4 unspecified atom stereocenters. The maximum Gasteiger partial charge on any atom is -0.0320 e. The van der Waals surface area contributed by atoms with E-state index in [1.807, 2.05) is 0 Å². The van der Waals surface area contributed by atoms with Crippen LogP contribution in [0.25, 0.3) is 0 Å². The molecule has 0 aromatic rings. The molecule has 11 heavy (non-hydrogen) atoms. The van der Waals surface area contributed by atoms with E-state index in [4.69, 9.17) is 0 Å². The zero-order valence-corrected chi connectivity index (χ0v) is 8.01. The van der Waals surface area contributed by atoms with E-state index in [9.17, 15) is 0 Å². The van der Waals surface area contributed by atoms with E-state index in [1.165, 1.54) is 12.8 Å². The minimum absolute atomic E-state index is 0.905. The molecule has 0 radical (unpaired) electrons. The van der Waals surface area contributed by atoms with Crippen molar-refractivity contribution in [3.05, 3.63) is 12.7 Å². The Kier molecular flexibility index (Phi) is 2.75. The molecule has 0 bridgehead atoms. The van der Waals surface area contributed by atoms with Crippen LogP contribution in [-0.2, 0) is 0 Å². The predicted octanol–water partition coefficient (Wildman–Crippen LogP) is 3.49. The minimum Gasteiger partial charge on any atom is -0.103 e. The monoisotopic (exact) mass is 152 g/mol. The first-order chi connectivity index (χ1) is 5.16. The Hall–Kier alpha value is -0.260. The van der Waals surface area contributed by atoms with Crippen LogP contribution in [0.3, 0.4) is 0 Å². The molecule has 1 aliphatic rings. The van der Waals surface area contributed by atoms with Gasteiger partial charge in [-0.1, -0.05) is 26.8 Å². The molecule has 0 heterocycles. The summed E-state index contributed by atoms with van der Waals surface area (Å²) in [4.78, 5) is 0. The van der Waals surface area contributed by atoms with Crippen molar-refractivity contribution in [3.8, 4) is 0 Å². The molecule has 0 heteroatoms. The van der Waals surface area contributed by atoms with Gasteiger partial charge in [-0.25, -0.2) is 0 Å². The molecule has 64 valence electrons. The Bertz CT molecular complexity index is 137. The molecule has 0 N–H and O–H groups in total. The normalized spacial score (nSPS) is 44.3. The van der Waals surface area contributed by atoms with Crippen molar-refractivity contribution in [2.24, 2.45) is 23.7 Å². The van der Waals surface area contributed by atoms with Crippen molar-refractivity contribution in [1.82, 2.24) is 0 Å². The summed E-state index contributed by atoms with van der Waals surface area (Å²) in [5, 5.41) is 0. The second kappa shape index (κ2) is 3.42. The minimum atomic E-state index is 0.905. The van der Waals surface area contributed by atoms with Crippen LogP contribution in [0.2, 0.25) is 0 Å². The van der Waals surface area contributed by atoms with Crippen molar-refractivity contribution < 1.29 is 0 Å². The molecule has 0 nitrogen and oxygen atoms in total. The van der Waals surface area contributed by atoms with E-state index >= 15 is 0 Å². The predicted molar refractivity (Wildman–Crippen MR) is 50.4 cm³/mol. The van der Waals surface area contributed by atoms with E-state index in [-0.39, 0.29) is 0 Å². The first-order valence-corrected chi connectivity index (χ1v) is 4.77. The molecular formula is C11H20. The summed E-state index contributed by atoms with van der Waals surface area (Å²) in [5.74, 6) is 3.65. The third-order valence-electron chi connectivity index (χ3n) is 3.49. The first-order valence-electron chi connectivity index (χ1n) is 4.77. The van der Waals surface area contributed by atoms with Crippen molar-refractivity contribution in [2.75, 3.05) is 0 Å². The van der Waals surface area contributed by atoms with Gasteiger partial charge in [0.2, 0.25) is 0 Å². The Morgan fingerprint density at radius 2 is 1.91 bits per heavy atom. The second-order valence-electron chi connectivity index (χ2n) is 4.24. The Morgan fingerprint density at radius 1 is 1.27 bits per heavy atom. The fraction of sp³-hybridized carbons (Fsp3) is 0.818. The molecule has 1 fully saturated rings. The van der Waals surface area contributed by atoms with E-state index in [2.05, 4.69) is 33.4 Å². The first kappa shape index (κ1) is 8.83. The van der Waals surface area contributed by atoms with E-state index in [0.29, 0.717) is 0 Å². The summed E-state index contributed by atoms with van der Waals surface area (Å²) >= 11 is 0. The average molecular weight is 152 g/mol. The van der Waals surface area contributed by atoms with E-state index in [0.717, 1.165) is 23.7 Å². The highest BCUT2D eigenvalue weighted by Gasteiger charge is 2.34. The summed E-state index contributed by atoms with van der Waals surface area (Å²) in [6.45, 7) is 11.0. The van der Waals surface area contributed by atoms with Gasteiger partial charge in [0.25, 0.3) is 0 Å². The number of hydrogen-bond acceptors (Lipinski definition) is 0. The molecule has 0 amide bonds. The smallest absolute Gasteiger partial charge is 0.0320 e. The van der Waals surface area contributed by atoms with Crippen molar-refractivity contribution in [1.29, 1.82) is 0 Å². The van der Waals surface area contributed by atoms with Crippen LogP contribution in [0.15, 0.2) is 12.7 Å². The van der Waals surface area contributed by atoms with Crippen LogP contribution in [0, 0.1) is 23.7 Å². The molecule has 1 aliphatic carbocycles. The molecule has 1 rings (SSSR count). The van der Waals surface area contributed by atoms with Crippen LogP contribution in [0.4, 0.5) is 0 Å². The maximum absolute atomic E-state index is 3.82. The molecule has 0 aromatic heterocycles. The summed E-state index contributed by atoms with van der Waals surface area (Å²) in [6.07, 6.45) is 4.71. The van der Waals surface area contributed by atoms with Gasteiger partial charge in [0, 0.05) is 0 Å². The van der Waals surface area contributed by atoms with E-state index in [1.54, 1.807) is 0 Å². The molecule has 4 atom stereocenters. The quantitative estimate of drug-likeness (QED) is 0.531. The number of allylic oxidation sites excluding steroid dienone is 1. The number of rotatable bonds is 2. The zero-order valence-electron chi connectivity index (χ0n) is 8.01. The highest BCUT2D eigenvalue weighted by Crippen LogP contribution is 2.42. The average Bonchev–Trinajstić information content (AvgIpc) is 2.17. The third-order valence-corrected chi connectivity index (χ3v) is 3.49. The van der Waals surface area contributed by atoms with Crippen LogP contribution in [0.5, 0.6) is 0 Å². The Balaban J connectivity index is 2.55. The molecular weight excluding hydrogens is 132 g/mol. The van der Waals surface area contributed by atoms with Crippen LogP contribution < -0.4 is 0 Å². The van der Waals surface area contributed by atoms with Crippen molar-refractivity contribution >= 4 is 0 Å². The van der Waals surface area contributed by atoms with Gasteiger partial charge in [-0.2, -0.15) is 0 Å². The molecule has 0 aromatic carbocycles. The van der Waals surface area contributed by atoms with Gasteiger partial charge in [0.15, 0.2) is 0 Å². The lowest BCUT2D eigenvalue weighted by Gasteiger charge is -2.18. The van der Waals surface area contributed by atoms with Gasteiger partial charge in [-0.3, -0.25) is 0 Å². The van der Waals surface area contributed by atoms with Gasteiger partial charge < -0.3 is 0 Å². The standard InChI is InChI=1S/C11H20/c1-5-6-11-9(3)7-8(2)10(11)4/h5,8-11H,1,6-7H2,2-4H3. The Morgan fingerprint density at radius 3 is 2.27 bits per heavy atom. The van der Waals surface area contributed by atoms with Gasteiger partial charge in [-0.15, -0.1) is 6.58 Å². The van der Waals surface area contributed by atoms with Crippen LogP contribution >= 0.6 is 0 Å². The zero-order chi connectivity index (χ0) is 8.43. The second-order valence-corrected chi connectivity index (χ2v) is 4.24. The summed E-state index contributed by atoms with van der Waals surface area (Å²) in [5.41, 5.74) is 0. The Labute approximate surface area is 70.7 Å². The highest BCUT2D eigenvalue weighted by atomic mass is 14.4. The van der Waals surface area contributed by atoms with Crippen LogP contribution in [-0.4, -0.2) is 0 Å². The molecule has 0 saturated heterocycles. The highest BCUT2D eigenvalue weighted by molar-refractivity contribution is 4.88. The number of hydrogen-bond donors (Lipinski definition) is 0. The molecule has 0 spiro atoms. The summed E-state index contributed by atoms with van der Waals surface area (Å²) in [6, 6.07) is 0. The van der Waals surface area contributed by atoms with Gasteiger partial charge in [-0.05, 0) is 36.5 Å². The summed E-state index contributed by atoms with van der Waals surface area (Å²) in [7, 11) is 0. The summed E-state index contributed by atoms with van der Waals surface area (Å²) < 4.78 is 0. The fourth-order valence-electron chi connectivity index (χ4n) is 2.56. The lowest BCUT2D eigenvalue weighted by molar-refractivity contribution is 0.326. The fourth-order valence-corrected chi connectivity index (χ4v) is 2.56. The van der Waals surface area contributed by atoms with Gasteiger partial charge in [0.05, 0.1) is 0 Å². The van der Waals surface area contributed by atoms with Gasteiger partial charge in [0.1, 0.15) is 0 Å². The largest absolute Gasteiger partial charge is 0.103 e. The molecule has 0 aliphatic heterocycles. The maximum atomic E-state index is 3.82. The van der Waals surface area contributed by atoms with Crippen LogP contribution in [0.1, 0.15) is 33.6 Å². The van der Waals surface area contributed by atoms with Crippen molar-refractivity contribution in [3.63, 3.8) is 0 Å². The topological polar surface area (TPSA) is 0 Å².